The van der Waals surface area contributed by atoms with Crippen LogP contribution >= 0.6 is 11.6 Å². The molecule has 0 bridgehead atoms. The smallest absolute Gasteiger partial charge is 0.119 e. The van der Waals surface area contributed by atoms with Crippen molar-refractivity contribution >= 4 is 11.6 Å². The standard InChI is InChI=1S/C17H21ClN2O/c1-11(2)21-16-6-4-13(5-7-16)17(20-19)14-8-12(3)9-15(18)10-14/h4-11,17,20H,19H2,1-3H3. The van der Waals surface area contributed by atoms with E-state index in [1.54, 1.807) is 0 Å². The molecule has 112 valence electrons. The number of halogens is 1. The Bertz CT molecular complexity index is 576. The molecule has 0 aromatic heterocycles. The molecule has 2 aromatic rings. The number of hydrogen-bond acceptors (Lipinski definition) is 3. The number of aryl methyl sites for hydroxylation is 1. The molecule has 21 heavy (non-hydrogen) atoms. The molecule has 0 aliphatic rings. The van der Waals surface area contributed by atoms with Gasteiger partial charge < -0.3 is 4.74 Å². The molecule has 1 atom stereocenters. The number of hydrogen-bond donors (Lipinski definition) is 2. The molecule has 0 heterocycles. The van der Waals surface area contributed by atoms with Crippen LogP contribution in [-0.4, -0.2) is 6.10 Å². The second kappa shape index (κ2) is 6.94. The normalized spacial score (nSPS) is 12.5. The second-order valence-electron chi connectivity index (χ2n) is 5.40. The Morgan fingerprint density at radius 1 is 1.05 bits per heavy atom. The molecule has 0 fully saturated rings. The van der Waals surface area contributed by atoms with E-state index in [-0.39, 0.29) is 12.1 Å². The lowest BCUT2D eigenvalue weighted by atomic mass is 9.98. The highest BCUT2D eigenvalue weighted by Gasteiger charge is 2.13. The van der Waals surface area contributed by atoms with Crippen LogP contribution in [0, 0.1) is 6.92 Å². The predicted molar refractivity (Wildman–Crippen MR) is 87.6 cm³/mol. The number of ether oxygens (including phenoxy) is 1. The average molecular weight is 305 g/mol. The van der Waals surface area contributed by atoms with Gasteiger partial charge in [-0.3, -0.25) is 5.84 Å². The highest BCUT2D eigenvalue weighted by molar-refractivity contribution is 6.30. The second-order valence-corrected chi connectivity index (χ2v) is 5.83. The van der Waals surface area contributed by atoms with Crippen LogP contribution in [0.1, 0.15) is 36.6 Å². The van der Waals surface area contributed by atoms with Crippen LogP contribution in [0.3, 0.4) is 0 Å². The van der Waals surface area contributed by atoms with Crippen LogP contribution in [-0.2, 0) is 0 Å². The molecule has 4 heteroatoms. The van der Waals surface area contributed by atoms with E-state index in [0.717, 1.165) is 22.4 Å². The van der Waals surface area contributed by atoms with E-state index in [1.165, 1.54) is 0 Å². The molecule has 0 saturated heterocycles. The molecule has 2 aromatic carbocycles. The molecular weight excluding hydrogens is 284 g/mol. The molecule has 2 rings (SSSR count). The van der Waals surface area contributed by atoms with E-state index >= 15 is 0 Å². The van der Waals surface area contributed by atoms with Crippen LogP contribution in [0.5, 0.6) is 5.75 Å². The lowest BCUT2D eigenvalue weighted by Crippen LogP contribution is -2.28. The molecule has 1 unspecified atom stereocenters. The third-order valence-electron chi connectivity index (χ3n) is 3.15. The monoisotopic (exact) mass is 304 g/mol. The summed E-state index contributed by atoms with van der Waals surface area (Å²) in [7, 11) is 0. The summed E-state index contributed by atoms with van der Waals surface area (Å²) in [5.74, 6) is 6.58. The maximum Gasteiger partial charge on any atom is 0.119 e. The fourth-order valence-electron chi connectivity index (χ4n) is 2.33. The van der Waals surface area contributed by atoms with Crippen LogP contribution in [0.4, 0.5) is 0 Å². The van der Waals surface area contributed by atoms with Crippen molar-refractivity contribution in [3.05, 3.63) is 64.2 Å². The molecule has 0 radical (unpaired) electrons. The zero-order chi connectivity index (χ0) is 15.4. The van der Waals surface area contributed by atoms with E-state index in [9.17, 15) is 0 Å². The van der Waals surface area contributed by atoms with E-state index in [2.05, 4.69) is 11.5 Å². The van der Waals surface area contributed by atoms with Gasteiger partial charge in [0.05, 0.1) is 12.1 Å². The summed E-state index contributed by atoms with van der Waals surface area (Å²) in [5.41, 5.74) is 6.07. The Morgan fingerprint density at radius 2 is 1.71 bits per heavy atom. The van der Waals surface area contributed by atoms with E-state index in [1.807, 2.05) is 57.2 Å². The summed E-state index contributed by atoms with van der Waals surface area (Å²) in [5, 5.41) is 0.713. The van der Waals surface area contributed by atoms with Gasteiger partial charge in [-0.15, -0.1) is 0 Å². The Balaban J connectivity index is 2.28. The van der Waals surface area contributed by atoms with Gasteiger partial charge in [-0.25, -0.2) is 5.43 Å². The zero-order valence-corrected chi connectivity index (χ0v) is 13.3. The van der Waals surface area contributed by atoms with Crippen LogP contribution in [0.25, 0.3) is 0 Å². The first-order valence-electron chi connectivity index (χ1n) is 6.99. The molecule has 3 nitrogen and oxygen atoms in total. The summed E-state index contributed by atoms with van der Waals surface area (Å²) < 4.78 is 5.65. The summed E-state index contributed by atoms with van der Waals surface area (Å²) >= 11 is 6.13. The highest BCUT2D eigenvalue weighted by atomic mass is 35.5. The Kier molecular flexibility index (Phi) is 5.23. The summed E-state index contributed by atoms with van der Waals surface area (Å²) in [4.78, 5) is 0. The number of benzene rings is 2. The van der Waals surface area contributed by atoms with Crippen molar-refractivity contribution in [2.75, 3.05) is 0 Å². The van der Waals surface area contributed by atoms with E-state index in [0.29, 0.717) is 5.02 Å². The molecule has 0 aliphatic carbocycles. The fourth-order valence-corrected chi connectivity index (χ4v) is 2.63. The van der Waals surface area contributed by atoms with Gasteiger partial charge in [0.1, 0.15) is 5.75 Å². The van der Waals surface area contributed by atoms with Crippen molar-refractivity contribution in [3.63, 3.8) is 0 Å². The number of nitrogens with one attached hydrogen (secondary N) is 1. The van der Waals surface area contributed by atoms with E-state index in [4.69, 9.17) is 22.2 Å². The zero-order valence-electron chi connectivity index (χ0n) is 12.6. The summed E-state index contributed by atoms with van der Waals surface area (Å²) in [6.07, 6.45) is 0.162. The van der Waals surface area contributed by atoms with Crippen molar-refractivity contribution < 1.29 is 4.74 Å². The van der Waals surface area contributed by atoms with Crippen LogP contribution in [0.15, 0.2) is 42.5 Å². The maximum absolute atomic E-state index is 6.13. The summed E-state index contributed by atoms with van der Waals surface area (Å²) in [6, 6.07) is 13.8. The van der Waals surface area contributed by atoms with Gasteiger partial charge in [0.25, 0.3) is 0 Å². The van der Waals surface area contributed by atoms with Gasteiger partial charge >= 0.3 is 0 Å². The molecule has 0 amide bonds. The lowest BCUT2D eigenvalue weighted by Gasteiger charge is -2.18. The maximum atomic E-state index is 6.13. The van der Waals surface area contributed by atoms with Gasteiger partial charge in [-0.1, -0.05) is 29.8 Å². The minimum atomic E-state index is -0.101. The quantitative estimate of drug-likeness (QED) is 0.648. The van der Waals surface area contributed by atoms with Crippen molar-refractivity contribution in [2.24, 2.45) is 5.84 Å². The van der Waals surface area contributed by atoms with Gasteiger partial charge in [0.2, 0.25) is 0 Å². The van der Waals surface area contributed by atoms with Crippen LogP contribution < -0.4 is 16.0 Å². The highest BCUT2D eigenvalue weighted by Crippen LogP contribution is 2.26. The predicted octanol–water partition coefficient (Wildman–Crippen LogP) is 3.99. The minimum absolute atomic E-state index is 0.101. The molecule has 0 saturated carbocycles. The topological polar surface area (TPSA) is 47.3 Å². The number of rotatable bonds is 5. The van der Waals surface area contributed by atoms with Crippen molar-refractivity contribution in [3.8, 4) is 5.75 Å². The Morgan fingerprint density at radius 3 is 2.24 bits per heavy atom. The van der Waals surface area contributed by atoms with Crippen molar-refractivity contribution in [1.82, 2.24) is 5.43 Å². The largest absolute Gasteiger partial charge is 0.491 e. The molecule has 0 spiro atoms. The Hall–Kier alpha value is -1.55. The van der Waals surface area contributed by atoms with Crippen molar-refractivity contribution in [1.29, 1.82) is 0 Å². The first-order chi connectivity index (χ1) is 9.99. The third-order valence-corrected chi connectivity index (χ3v) is 3.37. The van der Waals surface area contributed by atoms with Crippen molar-refractivity contribution in [2.45, 2.75) is 32.9 Å². The minimum Gasteiger partial charge on any atom is -0.491 e. The molecule has 0 aliphatic heterocycles. The first-order valence-corrected chi connectivity index (χ1v) is 7.37. The number of hydrazine groups is 1. The first kappa shape index (κ1) is 15.8. The van der Waals surface area contributed by atoms with Gasteiger partial charge in [-0.05, 0) is 61.7 Å². The van der Waals surface area contributed by atoms with Gasteiger partial charge in [-0.2, -0.15) is 0 Å². The molecule has 3 N–H and O–H groups in total. The lowest BCUT2D eigenvalue weighted by molar-refractivity contribution is 0.242. The van der Waals surface area contributed by atoms with Gasteiger partial charge in [0, 0.05) is 5.02 Å². The Labute approximate surface area is 131 Å². The summed E-state index contributed by atoms with van der Waals surface area (Å²) in [6.45, 7) is 6.03. The average Bonchev–Trinajstić information content (AvgIpc) is 2.40. The third kappa shape index (κ3) is 4.21. The van der Waals surface area contributed by atoms with Crippen LogP contribution in [0.2, 0.25) is 5.02 Å². The fraction of sp³-hybridized carbons (Fsp3) is 0.294. The number of nitrogens with two attached hydrogens (primary N) is 1. The van der Waals surface area contributed by atoms with Gasteiger partial charge in [0.15, 0.2) is 0 Å². The molecular formula is C17H21ClN2O. The van der Waals surface area contributed by atoms with E-state index < -0.39 is 0 Å². The SMILES string of the molecule is Cc1cc(Cl)cc(C(NN)c2ccc(OC(C)C)cc2)c1.